The van der Waals surface area contributed by atoms with Gasteiger partial charge in [-0.25, -0.2) is 4.39 Å². The van der Waals surface area contributed by atoms with E-state index in [2.05, 4.69) is 5.32 Å². The summed E-state index contributed by atoms with van der Waals surface area (Å²) in [6, 6.07) is 4.77. The van der Waals surface area contributed by atoms with Gasteiger partial charge in [-0.2, -0.15) is 0 Å². The molecule has 0 saturated carbocycles. The van der Waals surface area contributed by atoms with E-state index in [9.17, 15) is 9.50 Å². The summed E-state index contributed by atoms with van der Waals surface area (Å²) >= 11 is 0. The number of halogens is 1. The number of methoxy groups -OCH3 is 2. The minimum Gasteiger partial charge on any atom is -0.494 e. The molecule has 0 aliphatic rings. The zero-order chi connectivity index (χ0) is 12.7. The molecule has 1 aromatic carbocycles. The average Bonchev–Trinajstić information content (AvgIpc) is 2.29. The molecule has 0 saturated heterocycles. The van der Waals surface area contributed by atoms with Gasteiger partial charge in [0.2, 0.25) is 0 Å². The zero-order valence-electron chi connectivity index (χ0n) is 10.1. The van der Waals surface area contributed by atoms with Crippen molar-refractivity contribution in [1.82, 2.24) is 5.32 Å². The molecule has 4 nitrogen and oxygen atoms in total. The second-order valence-electron chi connectivity index (χ2n) is 3.71. The lowest BCUT2D eigenvalue weighted by Crippen LogP contribution is -2.29. The fourth-order valence-corrected chi connectivity index (χ4v) is 1.45. The molecule has 2 N–H and O–H groups in total. The fourth-order valence-electron chi connectivity index (χ4n) is 1.45. The van der Waals surface area contributed by atoms with Crippen LogP contribution in [0, 0.1) is 5.82 Å². The summed E-state index contributed by atoms with van der Waals surface area (Å²) in [7, 11) is 2.96. The van der Waals surface area contributed by atoms with E-state index in [1.165, 1.54) is 20.3 Å². The smallest absolute Gasteiger partial charge is 0.165 e. The van der Waals surface area contributed by atoms with Crippen molar-refractivity contribution in [2.75, 3.05) is 27.4 Å². The molecule has 0 radical (unpaired) electrons. The Labute approximate surface area is 100 Å². The molecule has 1 aromatic rings. The lowest BCUT2D eigenvalue weighted by Gasteiger charge is -2.11. The normalized spacial score (nSPS) is 12.5. The third kappa shape index (κ3) is 4.68. The van der Waals surface area contributed by atoms with Crippen molar-refractivity contribution in [3.05, 3.63) is 29.6 Å². The van der Waals surface area contributed by atoms with Crippen LogP contribution in [0.15, 0.2) is 18.2 Å². The van der Waals surface area contributed by atoms with Crippen molar-refractivity contribution in [2.24, 2.45) is 0 Å². The molecule has 0 aliphatic carbocycles. The van der Waals surface area contributed by atoms with Crippen LogP contribution in [0.2, 0.25) is 0 Å². The van der Waals surface area contributed by atoms with Crippen LogP contribution in [0.4, 0.5) is 4.39 Å². The van der Waals surface area contributed by atoms with Crippen LogP contribution >= 0.6 is 0 Å². The number of hydrogen-bond donors (Lipinski definition) is 2. The molecule has 0 aromatic heterocycles. The zero-order valence-corrected chi connectivity index (χ0v) is 10.1. The van der Waals surface area contributed by atoms with Gasteiger partial charge in [-0.15, -0.1) is 0 Å². The van der Waals surface area contributed by atoms with E-state index < -0.39 is 6.10 Å². The number of aliphatic hydroxyl groups excluding tert-OH is 1. The van der Waals surface area contributed by atoms with Crippen LogP contribution in [0.1, 0.15) is 5.56 Å². The largest absolute Gasteiger partial charge is 0.494 e. The minimum atomic E-state index is -0.553. The molecule has 0 bridgehead atoms. The lowest BCUT2D eigenvalue weighted by molar-refractivity contribution is 0.0644. The highest BCUT2D eigenvalue weighted by molar-refractivity contribution is 5.29. The summed E-state index contributed by atoms with van der Waals surface area (Å²) in [5.74, 6) is -0.155. The van der Waals surface area contributed by atoms with Crippen molar-refractivity contribution < 1.29 is 19.0 Å². The van der Waals surface area contributed by atoms with Gasteiger partial charge in [0.1, 0.15) is 0 Å². The van der Waals surface area contributed by atoms with Gasteiger partial charge < -0.3 is 19.9 Å². The van der Waals surface area contributed by atoms with Crippen LogP contribution in [0.3, 0.4) is 0 Å². The van der Waals surface area contributed by atoms with Crippen LogP contribution < -0.4 is 10.1 Å². The number of hydrogen-bond acceptors (Lipinski definition) is 4. The van der Waals surface area contributed by atoms with Crippen molar-refractivity contribution in [3.8, 4) is 5.75 Å². The highest BCUT2D eigenvalue weighted by Gasteiger charge is 2.05. The Balaban J connectivity index is 2.39. The van der Waals surface area contributed by atoms with Gasteiger partial charge in [0.05, 0.1) is 19.8 Å². The first-order valence-corrected chi connectivity index (χ1v) is 5.37. The molecule has 1 atom stereocenters. The van der Waals surface area contributed by atoms with Crippen molar-refractivity contribution >= 4 is 0 Å². The van der Waals surface area contributed by atoms with Gasteiger partial charge in [0.25, 0.3) is 0 Å². The Kier molecular flexibility index (Phi) is 5.90. The fraction of sp³-hybridized carbons (Fsp3) is 0.500. The molecule has 0 spiro atoms. The molecule has 0 heterocycles. The van der Waals surface area contributed by atoms with Crippen molar-refractivity contribution in [1.29, 1.82) is 0 Å². The van der Waals surface area contributed by atoms with Gasteiger partial charge in [-0.05, 0) is 17.7 Å². The van der Waals surface area contributed by atoms with E-state index in [4.69, 9.17) is 9.47 Å². The molecular weight excluding hydrogens is 225 g/mol. The van der Waals surface area contributed by atoms with E-state index in [-0.39, 0.29) is 18.2 Å². The standard InChI is InChI=1S/C12H18FNO3/c1-16-8-10(15)7-14-6-9-3-4-12(17-2)11(13)5-9/h3-5,10,14-15H,6-8H2,1-2H3. The Bertz CT molecular complexity index is 347. The highest BCUT2D eigenvalue weighted by Crippen LogP contribution is 2.17. The van der Waals surface area contributed by atoms with Crippen molar-refractivity contribution in [2.45, 2.75) is 12.6 Å². The van der Waals surface area contributed by atoms with Crippen LogP contribution in [0.25, 0.3) is 0 Å². The second kappa shape index (κ2) is 7.21. The molecule has 1 rings (SSSR count). The van der Waals surface area contributed by atoms with Gasteiger partial charge in [-0.1, -0.05) is 6.07 Å². The summed E-state index contributed by atoms with van der Waals surface area (Å²) in [6.45, 7) is 1.17. The monoisotopic (exact) mass is 243 g/mol. The maximum Gasteiger partial charge on any atom is 0.165 e. The molecule has 1 unspecified atom stereocenters. The lowest BCUT2D eigenvalue weighted by atomic mass is 10.2. The third-order valence-corrected chi connectivity index (χ3v) is 2.28. The predicted octanol–water partition coefficient (Wildman–Crippen LogP) is 0.931. The van der Waals surface area contributed by atoms with Gasteiger partial charge >= 0.3 is 0 Å². The van der Waals surface area contributed by atoms with Crippen LogP contribution in [-0.4, -0.2) is 38.6 Å². The molecule has 0 amide bonds. The number of ether oxygens (including phenoxy) is 2. The summed E-state index contributed by atoms with van der Waals surface area (Å²) in [5.41, 5.74) is 0.799. The van der Waals surface area contributed by atoms with E-state index in [1.807, 2.05) is 0 Å². The Morgan fingerprint density at radius 2 is 2.18 bits per heavy atom. The summed E-state index contributed by atoms with van der Waals surface area (Å²) in [4.78, 5) is 0. The number of aliphatic hydroxyl groups is 1. The first-order chi connectivity index (χ1) is 8.17. The molecule has 5 heteroatoms. The first-order valence-electron chi connectivity index (χ1n) is 5.37. The second-order valence-corrected chi connectivity index (χ2v) is 3.71. The average molecular weight is 243 g/mol. The SMILES string of the molecule is COCC(O)CNCc1ccc(OC)c(F)c1. The van der Waals surface area contributed by atoms with Crippen molar-refractivity contribution in [3.63, 3.8) is 0 Å². The topological polar surface area (TPSA) is 50.7 Å². The Morgan fingerprint density at radius 3 is 2.76 bits per heavy atom. The predicted molar refractivity (Wildman–Crippen MR) is 62.5 cm³/mol. The molecule has 0 aliphatic heterocycles. The van der Waals surface area contributed by atoms with Gasteiger partial charge in [-0.3, -0.25) is 0 Å². The minimum absolute atomic E-state index is 0.230. The molecule has 17 heavy (non-hydrogen) atoms. The third-order valence-electron chi connectivity index (χ3n) is 2.28. The summed E-state index contributed by atoms with van der Waals surface area (Å²) < 4.78 is 22.9. The molecule has 0 fully saturated rings. The highest BCUT2D eigenvalue weighted by atomic mass is 19.1. The summed E-state index contributed by atoms with van der Waals surface area (Å²) in [5, 5.41) is 12.4. The Hall–Kier alpha value is -1.17. The number of nitrogens with one attached hydrogen (secondary N) is 1. The molecule has 96 valence electrons. The van der Waals surface area contributed by atoms with Crippen LogP contribution in [0.5, 0.6) is 5.75 Å². The van der Waals surface area contributed by atoms with Gasteiger partial charge in [0.15, 0.2) is 11.6 Å². The van der Waals surface area contributed by atoms with Crippen LogP contribution in [-0.2, 0) is 11.3 Å². The molecular formula is C12H18FNO3. The maximum absolute atomic E-state index is 13.3. The van der Waals surface area contributed by atoms with E-state index in [1.54, 1.807) is 12.1 Å². The van der Waals surface area contributed by atoms with E-state index >= 15 is 0 Å². The quantitative estimate of drug-likeness (QED) is 0.748. The number of rotatable bonds is 7. The van der Waals surface area contributed by atoms with E-state index in [0.29, 0.717) is 13.1 Å². The first kappa shape index (κ1) is 13.9. The Morgan fingerprint density at radius 1 is 1.41 bits per heavy atom. The van der Waals surface area contributed by atoms with E-state index in [0.717, 1.165) is 5.56 Å². The number of benzene rings is 1. The van der Waals surface area contributed by atoms with Gasteiger partial charge in [0, 0.05) is 20.2 Å². The summed E-state index contributed by atoms with van der Waals surface area (Å²) in [6.07, 6.45) is -0.553. The maximum atomic E-state index is 13.3.